The average Bonchev–Trinajstić information content (AvgIpc) is 2.86. The van der Waals surface area contributed by atoms with Crippen molar-refractivity contribution >= 4 is 27.7 Å². The van der Waals surface area contributed by atoms with Crippen molar-refractivity contribution in [1.29, 1.82) is 0 Å². The monoisotopic (exact) mass is 352 g/mol. The second kappa shape index (κ2) is 5.59. The first-order valence-electron chi connectivity index (χ1n) is 5.88. The Balaban J connectivity index is 2.28. The Hall–Kier alpha value is -1.31. The van der Waals surface area contributed by atoms with Crippen LogP contribution in [0, 0.1) is 5.92 Å². The number of ether oxygens (including phenoxy) is 1. The molecule has 1 fully saturated rings. The van der Waals surface area contributed by atoms with Gasteiger partial charge >= 0.3 is 12.1 Å². The minimum atomic E-state index is -4.49. The predicted molar refractivity (Wildman–Crippen MR) is 69.3 cm³/mol. The number of rotatable bonds is 2. The second-order valence-electron chi connectivity index (χ2n) is 4.48. The van der Waals surface area contributed by atoms with Crippen LogP contribution in [-0.4, -0.2) is 31.2 Å². The number of hydrogen-bond acceptors (Lipinski definition) is 4. The Morgan fingerprint density at radius 1 is 1.55 bits per heavy atom. The molecule has 0 aliphatic carbocycles. The first-order valence-corrected chi connectivity index (χ1v) is 6.67. The molecule has 20 heavy (non-hydrogen) atoms. The van der Waals surface area contributed by atoms with E-state index in [1.54, 1.807) is 0 Å². The molecule has 1 aromatic heterocycles. The van der Waals surface area contributed by atoms with E-state index < -0.39 is 23.6 Å². The molecule has 0 saturated carbocycles. The van der Waals surface area contributed by atoms with Gasteiger partial charge in [0.2, 0.25) is 0 Å². The largest absolute Gasteiger partial charge is 0.469 e. The van der Waals surface area contributed by atoms with Crippen molar-refractivity contribution in [3.63, 3.8) is 0 Å². The highest BCUT2D eigenvalue weighted by Gasteiger charge is 2.38. The Kier molecular flexibility index (Phi) is 4.22. The van der Waals surface area contributed by atoms with Crippen LogP contribution in [0.5, 0.6) is 0 Å². The van der Waals surface area contributed by atoms with Crippen molar-refractivity contribution in [2.45, 2.75) is 12.6 Å². The second-order valence-corrected chi connectivity index (χ2v) is 5.39. The van der Waals surface area contributed by atoms with Gasteiger partial charge in [-0.25, -0.2) is 4.98 Å². The van der Waals surface area contributed by atoms with Gasteiger partial charge in [0.1, 0.15) is 5.82 Å². The van der Waals surface area contributed by atoms with E-state index >= 15 is 0 Å². The molecule has 0 radical (unpaired) electrons. The zero-order chi connectivity index (χ0) is 14.9. The average molecular weight is 353 g/mol. The van der Waals surface area contributed by atoms with Crippen molar-refractivity contribution in [1.82, 2.24) is 4.98 Å². The first-order chi connectivity index (χ1) is 9.32. The van der Waals surface area contributed by atoms with Crippen LogP contribution in [0.25, 0.3) is 0 Å². The third kappa shape index (κ3) is 3.05. The zero-order valence-corrected chi connectivity index (χ0v) is 12.2. The fourth-order valence-electron chi connectivity index (χ4n) is 2.20. The lowest BCUT2D eigenvalue weighted by Gasteiger charge is -2.21. The van der Waals surface area contributed by atoms with E-state index in [9.17, 15) is 18.0 Å². The molecule has 1 aliphatic heterocycles. The lowest BCUT2D eigenvalue weighted by Crippen LogP contribution is -2.26. The lowest BCUT2D eigenvalue weighted by molar-refractivity contribution is -0.144. The number of anilines is 1. The molecule has 1 atom stereocenters. The predicted octanol–water partition coefficient (Wildman–Crippen LogP) is 2.86. The van der Waals surface area contributed by atoms with Crippen molar-refractivity contribution in [3.8, 4) is 0 Å². The van der Waals surface area contributed by atoms with E-state index in [2.05, 4.69) is 25.7 Å². The Morgan fingerprint density at radius 2 is 2.25 bits per heavy atom. The highest BCUT2D eigenvalue weighted by molar-refractivity contribution is 9.10. The molecule has 1 unspecified atom stereocenters. The van der Waals surface area contributed by atoms with Gasteiger partial charge in [-0.1, -0.05) is 0 Å². The SMILES string of the molecule is COC(=O)C1CCN(c2ncc(Br)cc2C(F)(F)F)C1. The number of nitrogens with zero attached hydrogens (tertiary/aromatic N) is 2. The number of carbonyl (C=O) groups is 1. The van der Waals surface area contributed by atoms with Crippen LogP contribution < -0.4 is 4.90 Å². The first kappa shape index (κ1) is 15.1. The summed E-state index contributed by atoms with van der Waals surface area (Å²) in [7, 11) is 1.27. The summed E-state index contributed by atoms with van der Waals surface area (Å²) < 4.78 is 44.0. The van der Waals surface area contributed by atoms with Crippen molar-refractivity contribution in [3.05, 3.63) is 22.3 Å². The van der Waals surface area contributed by atoms with E-state index in [1.165, 1.54) is 18.2 Å². The summed E-state index contributed by atoms with van der Waals surface area (Å²) in [5.74, 6) is -0.961. The molecular weight excluding hydrogens is 341 g/mol. The molecule has 2 rings (SSSR count). The molecular formula is C12H12BrF3N2O2. The third-order valence-corrected chi connectivity index (χ3v) is 3.59. The van der Waals surface area contributed by atoms with Gasteiger partial charge in [-0.3, -0.25) is 4.79 Å². The smallest absolute Gasteiger partial charge is 0.419 e. The number of hydrogen-bond donors (Lipinski definition) is 0. The van der Waals surface area contributed by atoms with E-state index in [1.807, 2.05) is 0 Å². The summed E-state index contributed by atoms with van der Waals surface area (Å²) in [5.41, 5.74) is -0.808. The van der Waals surface area contributed by atoms with E-state index in [4.69, 9.17) is 0 Å². The fraction of sp³-hybridized carbons (Fsp3) is 0.500. The highest BCUT2D eigenvalue weighted by atomic mass is 79.9. The van der Waals surface area contributed by atoms with Gasteiger partial charge in [0.15, 0.2) is 0 Å². The molecule has 110 valence electrons. The number of alkyl halides is 3. The summed E-state index contributed by atoms with van der Waals surface area (Å²) >= 11 is 2.99. The molecule has 0 spiro atoms. The van der Waals surface area contributed by atoms with Crippen LogP contribution >= 0.6 is 15.9 Å². The Bertz CT molecular complexity index is 522. The van der Waals surface area contributed by atoms with Crippen LogP contribution in [-0.2, 0) is 15.7 Å². The van der Waals surface area contributed by atoms with Gasteiger partial charge in [-0.05, 0) is 28.4 Å². The third-order valence-electron chi connectivity index (χ3n) is 3.16. The Labute approximate surface area is 122 Å². The van der Waals surface area contributed by atoms with E-state index in [0.717, 1.165) is 6.07 Å². The molecule has 0 amide bonds. The van der Waals surface area contributed by atoms with E-state index in [-0.39, 0.29) is 16.8 Å². The van der Waals surface area contributed by atoms with Gasteiger partial charge in [0.05, 0.1) is 18.6 Å². The molecule has 0 bridgehead atoms. The summed E-state index contributed by atoms with van der Waals surface area (Å²) in [6.45, 7) is 0.530. The van der Waals surface area contributed by atoms with Crippen molar-refractivity contribution < 1.29 is 22.7 Å². The quantitative estimate of drug-likeness (QED) is 0.767. The van der Waals surface area contributed by atoms with Crippen molar-refractivity contribution in [2.24, 2.45) is 5.92 Å². The number of carbonyl (C=O) groups excluding carboxylic acids is 1. The molecule has 1 aromatic rings. The number of pyridine rings is 1. The molecule has 8 heteroatoms. The minimum absolute atomic E-state index is 0.146. The highest BCUT2D eigenvalue weighted by Crippen LogP contribution is 2.38. The number of methoxy groups -OCH3 is 1. The normalized spacial score (nSPS) is 19.2. The van der Waals surface area contributed by atoms with Gasteiger partial charge in [0.25, 0.3) is 0 Å². The van der Waals surface area contributed by atoms with Crippen molar-refractivity contribution in [2.75, 3.05) is 25.1 Å². The maximum Gasteiger partial charge on any atom is 0.419 e. The zero-order valence-electron chi connectivity index (χ0n) is 10.6. The molecule has 0 aromatic carbocycles. The molecule has 2 heterocycles. The molecule has 1 saturated heterocycles. The van der Waals surface area contributed by atoms with Crippen LogP contribution in [0.4, 0.5) is 19.0 Å². The van der Waals surface area contributed by atoms with Crippen LogP contribution in [0.15, 0.2) is 16.7 Å². The number of halogens is 4. The summed E-state index contributed by atoms with van der Waals surface area (Å²) in [4.78, 5) is 16.8. The lowest BCUT2D eigenvalue weighted by atomic mass is 10.1. The van der Waals surface area contributed by atoms with Crippen LogP contribution in [0.3, 0.4) is 0 Å². The summed E-state index contributed by atoms with van der Waals surface area (Å²) in [6.07, 6.45) is -2.72. The van der Waals surface area contributed by atoms with Gasteiger partial charge in [-0.2, -0.15) is 13.2 Å². The van der Waals surface area contributed by atoms with Gasteiger partial charge < -0.3 is 9.64 Å². The molecule has 0 N–H and O–H groups in total. The molecule has 4 nitrogen and oxygen atoms in total. The topological polar surface area (TPSA) is 42.4 Å². The standard InChI is InChI=1S/C12H12BrF3N2O2/c1-20-11(19)7-2-3-18(6-7)10-9(12(14,15)16)4-8(13)5-17-10/h4-5,7H,2-3,6H2,1H3. The van der Waals surface area contributed by atoms with E-state index in [0.29, 0.717) is 13.0 Å². The Morgan fingerprint density at radius 3 is 2.85 bits per heavy atom. The van der Waals surface area contributed by atoms with Crippen LogP contribution in [0.1, 0.15) is 12.0 Å². The number of aromatic nitrogens is 1. The number of esters is 1. The maximum atomic E-state index is 13.0. The fourth-order valence-corrected chi connectivity index (χ4v) is 2.54. The summed E-state index contributed by atoms with van der Waals surface area (Å²) in [6, 6.07) is 0.994. The molecule has 1 aliphatic rings. The van der Waals surface area contributed by atoms with Crippen LogP contribution in [0.2, 0.25) is 0 Å². The minimum Gasteiger partial charge on any atom is -0.469 e. The van der Waals surface area contributed by atoms with Gasteiger partial charge in [-0.15, -0.1) is 0 Å². The summed E-state index contributed by atoms with van der Waals surface area (Å²) in [5, 5.41) is 0. The van der Waals surface area contributed by atoms with Gasteiger partial charge in [0, 0.05) is 23.8 Å². The maximum absolute atomic E-state index is 13.0.